The van der Waals surface area contributed by atoms with Gasteiger partial charge in [0.25, 0.3) is 0 Å². The van der Waals surface area contributed by atoms with Gasteiger partial charge < -0.3 is 10.7 Å². The third-order valence-corrected chi connectivity index (χ3v) is 2.06. The highest BCUT2D eigenvalue weighted by Gasteiger charge is 1.92. The van der Waals surface area contributed by atoms with Crippen LogP contribution in [-0.2, 0) is 5.75 Å². The molecule has 0 unspecified atom stereocenters. The van der Waals surface area contributed by atoms with Gasteiger partial charge in [-0.05, 0) is 0 Å². The minimum Gasteiger partial charge on any atom is -0.348 e. The van der Waals surface area contributed by atoms with Crippen molar-refractivity contribution in [1.82, 2.24) is 9.97 Å². The fourth-order valence-corrected chi connectivity index (χ4v) is 1.29. The van der Waals surface area contributed by atoms with Gasteiger partial charge in [-0.3, -0.25) is 0 Å². The third kappa shape index (κ3) is 2.41. The molecule has 0 bridgehead atoms. The molecule has 0 atom stereocenters. The summed E-state index contributed by atoms with van der Waals surface area (Å²) in [5, 5.41) is 0. The standard InChI is InChI=1S/C6H11N3S/c7-1-4-10-5-6-8-2-3-9-6/h2-3H,1,4-5,7H2,(H,8,9). The van der Waals surface area contributed by atoms with Crippen LogP contribution < -0.4 is 5.73 Å². The zero-order chi connectivity index (χ0) is 7.23. The maximum Gasteiger partial charge on any atom is 0.116 e. The van der Waals surface area contributed by atoms with E-state index in [4.69, 9.17) is 5.73 Å². The van der Waals surface area contributed by atoms with Crippen LogP contribution >= 0.6 is 11.8 Å². The van der Waals surface area contributed by atoms with Gasteiger partial charge in [-0.1, -0.05) is 0 Å². The zero-order valence-electron chi connectivity index (χ0n) is 5.71. The number of nitrogens with one attached hydrogen (secondary N) is 1. The van der Waals surface area contributed by atoms with E-state index < -0.39 is 0 Å². The van der Waals surface area contributed by atoms with Gasteiger partial charge >= 0.3 is 0 Å². The molecular formula is C6H11N3S. The first-order valence-electron chi connectivity index (χ1n) is 3.19. The number of aromatic nitrogens is 2. The summed E-state index contributed by atoms with van der Waals surface area (Å²) >= 11 is 1.79. The minimum atomic E-state index is 0.741. The van der Waals surface area contributed by atoms with E-state index in [0.717, 1.165) is 23.9 Å². The lowest BCUT2D eigenvalue weighted by atomic mass is 10.7. The van der Waals surface area contributed by atoms with Gasteiger partial charge in [-0.25, -0.2) is 4.98 Å². The molecule has 1 heterocycles. The molecule has 4 heteroatoms. The van der Waals surface area contributed by atoms with E-state index in [1.807, 2.05) is 6.20 Å². The summed E-state index contributed by atoms with van der Waals surface area (Å²) in [7, 11) is 0. The summed E-state index contributed by atoms with van der Waals surface area (Å²) < 4.78 is 0. The number of nitrogens with zero attached hydrogens (tertiary/aromatic N) is 1. The highest BCUT2D eigenvalue weighted by Crippen LogP contribution is 2.05. The molecular weight excluding hydrogens is 146 g/mol. The van der Waals surface area contributed by atoms with Crippen LogP contribution in [0.25, 0.3) is 0 Å². The minimum absolute atomic E-state index is 0.741. The van der Waals surface area contributed by atoms with Crippen molar-refractivity contribution in [2.45, 2.75) is 5.75 Å². The average Bonchev–Trinajstić information content (AvgIpc) is 2.41. The number of thioether (sulfide) groups is 1. The topological polar surface area (TPSA) is 54.7 Å². The van der Waals surface area contributed by atoms with Crippen molar-refractivity contribution in [1.29, 1.82) is 0 Å². The molecule has 0 amide bonds. The Hall–Kier alpha value is -0.480. The van der Waals surface area contributed by atoms with Gasteiger partial charge in [0.15, 0.2) is 0 Å². The zero-order valence-corrected chi connectivity index (χ0v) is 6.53. The van der Waals surface area contributed by atoms with Crippen LogP contribution in [0.1, 0.15) is 5.82 Å². The molecule has 56 valence electrons. The van der Waals surface area contributed by atoms with Gasteiger partial charge in [0.1, 0.15) is 5.82 Å². The highest BCUT2D eigenvalue weighted by molar-refractivity contribution is 7.98. The fourth-order valence-electron chi connectivity index (χ4n) is 0.629. The Morgan fingerprint density at radius 2 is 2.60 bits per heavy atom. The molecule has 10 heavy (non-hydrogen) atoms. The molecule has 0 aromatic carbocycles. The number of aromatic amines is 1. The first-order chi connectivity index (χ1) is 4.93. The van der Waals surface area contributed by atoms with Gasteiger partial charge in [0.2, 0.25) is 0 Å². The van der Waals surface area contributed by atoms with Crippen molar-refractivity contribution in [3.63, 3.8) is 0 Å². The van der Waals surface area contributed by atoms with Crippen LogP contribution in [0.15, 0.2) is 12.4 Å². The molecule has 3 nitrogen and oxygen atoms in total. The first-order valence-corrected chi connectivity index (χ1v) is 4.35. The molecule has 0 saturated carbocycles. The van der Waals surface area contributed by atoms with Crippen LogP contribution in [0.2, 0.25) is 0 Å². The Labute approximate surface area is 64.4 Å². The quantitative estimate of drug-likeness (QED) is 0.629. The van der Waals surface area contributed by atoms with Crippen molar-refractivity contribution in [2.24, 2.45) is 5.73 Å². The summed E-state index contributed by atoms with van der Waals surface area (Å²) in [5.41, 5.74) is 5.32. The van der Waals surface area contributed by atoms with Crippen molar-refractivity contribution in [2.75, 3.05) is 12.3 Å². The van der Waals surface area contributed by atoms with Crippen LogP contribution in [-0.4, -0.2) is 22.3 Å². The lowest BCUT2D eigenvalue weighted by molar-refractivity contribution is 1.11. The maximum absolute atomic E-state index is 5.32. The molecule has 0 aliphatic heterocycles. The molecule has 1 rings (SSSR count). The van der Waals surface area contributed by atoms with E-state index in [1.165, 1.54) is 0 Å². The fraction of sp³-hybridized carbons (Fsp3) is 0.500. The summed E-state index contributed by atoms with van der Waals surface area (Å²) in [6, 6.07) is 0. The number of hydrogen-bond donors (Lipinski definition) is 2. The molecule has 0 spiro atoms. The Kier molecular flexibility index (Phi) is 3.32. The molecule has 1 aromatic heterocycles. The van der Waals surface area contributed by atoms with Crippen LogP contribution in [0.5, 0.6) is 0 Å². The van der Waals surface area contributed by atoms with Crippen molar-refractivity contribution < 1.29 is 0 Å². The number of imidazole rings is 1. The van der Waals surface area contributed by atoms with E-state index in [9.17, 15) is 0 Å². The summed E-state index contributed by atoms with van der Waals surface area (Å²) in [5.74, 6) is 2.96. The van der Waals surface area contributed by atoms with Gasteiger partial charge in [0.05, 0.1) is 5.75 Å². The second-order valence-electron chi connectivity index (χ2n) is 1.88. The number of hydrogen-bond acceptors (Lipinski definition) is 3. The van der Waals surface area contributed by atoms with Crippen molar-refractivity contribution in [3.8, 4) is 0 Å². The lowest BCUT2D eigenvalue weighted by Crippen LogP contribution is -2.01. The van der Waals surface area contributed by atoms with Gasteiger partial charge in [-0.2, -0.15) is 11.8 Å². The number of nitrogens with two attached hydrogens (primary N) is 1. The molecule has 3 N–H and O–H groups in total. The molecule has 0 saturated heterocycles. The smallest absolute Gasteiger partial charge is 0.116 e. The average molecular weight is 157 g/mol. The molecule has 1 aromatic rings. The molecule has 0 fully saturated rings. The largest absolute Gasteiger partial charge is 0.348 e. The number of rotatable bonds is 4. The monoisotopic (exact) mass is 157 g/mol. The SMILES string of the molecule is NCCSCc1ncc[nH]1. The summed E-state index contributed by atoms with van der Waals surface area (Å²) in [6.45, 7) is 0.741. The first kappa shape index (κ1) is 7.63. The Morgan fingerprint density at radius 1 is 1.70 bits per heavy atom. The lowest BCUT2D eigenvalue weighted by Gasteiger charge is -1.93. The third-order valence-electron chi connectivity index (χ3n) is 1.06. The van der Waals surface area contributed by atoms with E-state index >= 15 is 0 Å². The summed E-state index contributed by atoms with van der Waals surface area (Å²) in [4.78, 5) is 7.09. The van der Waals surface area contributed by atoms with Crippen molar-refractivity contribution >= 4 is 11.8 Å². The summed E-state index contributed by atoms with van der Waals surface area (Å²) in [6.07, 6.45) is 3.59. The Bertz CT molecular complexity index is 162. The predicted molar refractivity (Wildman–Crippen MR) is 43.8 cm³/mol. The van der Waals surface area contributed by atoms with Crippen LogP contribution in [0, 0.1) is 0 Å². The second kappa shape index (κ2) is 4.35. The van der Waals surface area contributed by atoms with Crippen LogP contribution in [0.4, 0.5) is 0 Å². The Balaban J connectivity index is 2.15. The predicted octanol–water partition coefficient (Wildman–Crippen LogP) is 0.602. The normalized spacial score (nSPS) is 10.1. The van der Waals surface area contributed by atoms with E-state index in [-0.39, 0.29) is 0 Å². The maximum atomic E-state index is 5.32. The Morgan fingerprint density at radius 3 is 3.20 bits per heavy atom. The van der Waals surface area contributed by atoms with Gasteiger partial charge in [-0.15, -0.1) is 0 Å². The van der Waals surface area contributed by atoms with Crippen LogP contribution in [0.3, 0.4) is 0 Å². The van der Waals surface area contributed by atoms with Crippen molar-refractivity contribution in [3.05, 3.63) is 18.2 Å². The van der Waals surface area contributed by atoms with E-state index in [0.29, 0.717) is 0 Å². The van der Waals surface area contributed by atoms with E-state index in [2.05, 4.69) is 9.97 Å². The molecule has 0 aliphatic carbocycles. The number of H-pyrrole nitrogens is 1. The molecule has 0 aliphatic rings. The van der Waals surface area contributed by atoms with E-state index in [1.54, 1.807) is 18.0 Å². The second-order valence-corrected chi connectivity index (χ2v) is 2.98. The highest BCUT2D eigenvalue weighted by atomic mass is 32.2. The van der Waals surface area contributed by atoms with Gasteiger partial charge in [0, 0.05) is 24.7 Å². The molecule has 0 radical (unpaired) electrons.